The first-order valence-corrected chi connectivity index (χ1v) is 2.98. The van der Waals surface area contributed by atoms with Gasteiger partial charge >= 0.3 is 0 Å². The monoisotopic (exact) mass is 132 g/mol. The molecule has 3 heteroatoms. The van der Waals surface area contributed by atoms with Gasteiger partial charge in [-0.05, 0) is 13.3 Å². The molecule has 0 saturated heterocycles. The van der Waals surface area contributed by atoms with Gasteiger partial charge in [0.25, 0.3) is 0 Å². The number of aldehydes is 1. The molecule has 0 aliphatic carbocycles. The highest BCUT2D eigenvalue weighted by Crippen LogP contribution is 1.99. The smallest absolute Gasteiger partial charge is 0.120 e. The molecule has 9 heavy (non-hydrogen) atoms. The Morgan fingerprint density at radius 3 is 2.44 bits per heavy atom. The summed E-state index contributed by atoms with van der Waals surface area (Å²) in [5, 5.41) is 17.5. The van der Waals surface area contributed by atoms with E-state index in [0.717, 1.165) is 6.29 Å². The molecule has 0 unspecified atom stereocenters. The molecule has 0 bridgehead atoms. The fraction of sp³-hybridized carbons (Fsp3) is 0.833. The lowest BCUT2D eigenvalue weighted by Crippen LogP contribution is -2.22. The van der Waals surface area contributed by atoms with Crippen LogP contribution >= 0.6 is 0 Å². The zero-order valence-electron chi connectivity index (χ0n) is 5.45. The van der Waals surface area contributed by atoms with E-state index >= 15 is 0 Å². The summed E-state index contributed by atoms with van der Waals surface area (Å²) in [5.74, 6) is 0. The highest BCUT2D eigenvalue weighted by Gasteiger charge is 2.08. The quantitative estimate of drug-likeness (QED) is 0.517. The van der Waals surface area contributed by atoms with Crippen molar-refractivity contribution < 1.29 is 15.0 Å². The molecular weight excluding hydrogens is 120 g/mol. The Kier molecular flexibility index (Phi) is 4.26. The lowest BCUT2D eigenvalue weighted by molar-refractivity contribution is -0.108. The van der Waals surface area contributed by atoms with E-state index in [1.54, 1.807) is 0 Å². The van der Waals surface area contributed by atoms with Crippen LogP contribution in [0, 0.1) is 0 Å². The Hall–Kier alpha value is -0.410. The van der Waals surface area contributed by atoms with Crippen molar-refractivity contribution in [2.45, 2.75) is 32.0 Å². The molecule has 0 aliphatic heterocycles. The Morgan fingerprint density at radius 2 is 2.11 bits per heavy atom. The van der Waals surface area contributed by atoms with Crippen molar-refractivity contribution in [3.05, 3.63) is 0 Å². The summed E-state index contributed by atoms with van der Waals surface area (Å²) in [7, 11) is 0. The van der Waals surface area contributed by atoms with Gasteiger partial charge < -0.3 is 15.0 Å². The maximum atomic E-state index is 9.74. The average Bonchev–Trinajstić information content (AvgIpc) is 1.82. The van der Waals surface area contributed by atoms with Crippen molar-refractivity contribution in [1.82, 2.24) is 0 Å². The molecule has 0 fully saturated rings. The van der Waals surface area contributed by atoms with Crippen LogP contribution in [0.5, 0.6) is 0 Å². The minimum Gasteiger partial charge on any atom is -0.391 e. The number of hydrogen-bond donors (Lipinski definition) is 2. The van der Waals surface area contributed by atoms with Crippen LogP contribution in [0.2, 0.25) is 0 Å². The van der Waals surface area contributed by atoms with Gasteiger partial charge in [0.05, 0.1) is 12.2 Å². The molecule has 2 N–H and O–H groups in total. The van der Waals surface area contributed by atoms with Crippen molar-refractivity contribution in [3.8, 4) is 0 Å². The molecule has 54 valence electrons. The number of carbonyl (C=O) groups is 1. The van der Waals surface area contributed by atoms with Crippen LogP contribution in [0.3, 0.4) is 0 Å². The van der Waals surface area contributed by atoms with Gasteiger partial charge in [-0.15, -0.1) is 0 Å². The highest BCUT2D eigenvalue weighted by molar-refractivity contribution is 5.49. The fourth-order valence-corrected chi connectivity index (χ4v) is 0.480. The Balaban J connectivity index is 3.26. The molecular formula is C6H12O3. The molecule has 0 aromatic carbocycles. The van der Waals surface area contributed by atoms with Gasteiger partial charge in [0.15, 0.2) is 0 Å². The molecule has 2 atom stereocenters. The van der Waals surface area contributed by atoms with Crippen LogP contribution in [-0.2, 0) is 4.79 Å². The summed E-state index contributed by atoms with van der Waals surface area (Å²) in [4.78, 5) is 9.74. The molecule has 0 aromatic heterocycles. The van der Waals surface area contributed by atoms with Gasteiger partial charge in [0, 0.05) is 6.42 Å². The van der Waals surface area contributed by atoms with E-state index < -0.39 is 12.2 Å². The minimum atomic E-state index is -0.754. The molecule has 0 radical (unpaired) electrons. The first-order chi connectivity index (χ1) is 4.18. The van der Waals surface area contributed by atoms with Crippen molar-refractivity contribution in [2.75, 3.05) is 0 Å². The van der Waals surface area contributed by atoms with Crippen LogP contribution in [-0.4, -0.2) is 28.7 Å². The lowest BCUT2D eigenvalue weighted by atomic mass is 10.1. The van der Waals surface area contributed by atoms with Gasteiger partial charge in [-0.3, -0.25) is 0 Å². The largest absolute Gasteiger partial charge is 0.391 e. The van der Waals surface area contributed by atoms with Gasteiger partial charge in [-0.25, -0.2) is 0 Å². The van der Waals surface area contributed by atoms with Crippen LogP contribution in [0.4, 0.5) is 0 Å². The van der Waals surface area contributed by atoms with Gasteiger partial charge in [0.2, 0.25) is 0 Å². The number of carbonyl (C=O) groups excluding carboxylic acids is 1. The normalized spacial score (nSPS) is 16.8. The van der Waals surface area contributed by atoms with Gasteiger partial charge in [-0.2, -0.15) is 0 Å². The standard InChI is InChI=1S/C6H12O3/c1-5(8)6(9)3-2-4-7/h4-6,8-9H,2-3H2,1H3/t5-,6-/m0/s1. The Bertz CT molecular complexity index is 80.4. The molecule has 0 aromatic rings. The lowest BCUT2D eigenvalue weighted by Gasteiger charge is -2.10. The third kappa shape index (κ3) is 4.12. The molecule has 0 spiro atoms. The summed E-state index contributed by atoms with van der Waals surface area (Å²) in [6, 6.07) is 0. The first kappa shape index (κ1) is 8.59. The Morgan fingerprint density at radius 1 is 1.56 bits per heavy atom. The molecule has 3 nitrogen and oxygen atoms in total. The van der Waals surface area contributed by atoms with E-state index in [1.165, 1.54) is 6.92 Å². The number of aliphatic hydroxyl groups is 2. The number of rotatable bonds is 4. The minimum absolute atomic E-state index is 0.312. The first-order valence-electron chi connectivity index (χ1n) is 2.98. The van der Waals surface area contributed by atoms with E-state index in [9.17, 15) is 4.79 Å². The third-order valence-corrected chi connectivity index (χ3v) is 1.14. The molecule has 0 rings (SSSR count). The summed E-state index contributed by atoms with van der Waals surface area (Å²) >= 11 is 0. The average molecular weight is 132 g/mol. The maximum absolute atomic E-state index is 9.74. The summed E-state index contributed by atoms with van der Waals surface area (Å²) in [5.41, 5.74) is 0. The molecule has 0 heterocycles. The van der Waals surface area contributed by atoms with Crippen molar-refractivity contribution >= 4 is 6.29 Å². The van der Waals surface area contributed by atoms with E-state index in [4.69, 9.17) is 10.2 Å². The van der Waals surface area contributed by atoms with E-state index in [1.807, 2.05) is 0 Å². The van der Waals surface area contributed by atoms with Gasteiger partial charge in [-0.1, -0.05) is 0 Å². The van der Waals surface area contributed by atoms with Crippen molar-refractivity contribution in [3.63, 3.8) is 0 Å². The molecule has 0 saturated carbocycles. The van der Waals surface area contributed by atoms with Crippen LogP contribution in [0.1, 0.15) is 19.8 Å². The molecule has 0 aliphatic rings. The van der Waals surface area contributed by atoms with E-state index in [-0.39, 0.29) is 0 Å². The number of hydrogen-bond acceptors (Lipinski definition) is 3. The van der Waals surface area contributed by atoms with Crippen LogP contribution in [0.15, 0.2) is 0 Å². The van der Waals surface area contributed by atoms with Crippen molar-refractivity contribution in [1.29, 1.82) is 0 Å². The third-order valence-electron chi connectivity index (χ3n) is 1.14. The second-order valence-electron chi connectivity index (χ2n) is 2.05. The Labute approximate surface area is 54.3 Å². The zero-order chi connectivity index (χ0) is 7.28. The fourth-order valence-electron chi connectivity index (χ4n) is 0.480. The second-order valence-corrected chi connectivity index (χ2v) is 2.05. The second kappa shape index (κ2) is 4.47. The summed E-state index contributed by atoms with van der Waals surface area (Å²) in [6.07, 6.45) is -0.0982. The van der Waals surface area contributed by atoms with Crippen molar-refractivity contribution in [2.24, 2.45) is 0 Å². The molecule has 0 amide bonds. The zero-order valence-corrected chi connectivity index (χ0v) is 5.45. The maximum Gasteiger partial charge on any atom is 0.120 e. The highest BCUT2D eigenvalue weighted by atomic mass is 16.3. The van der Waals surface area contributed by atoms with Crippen LogP contribution in [0.25, 0.3) is 0 Å². The predicted octanol–water partition coefficient (Wildman–Crippen LogP) is -0.293. The predicted molar refractivity (Wildman–Crippen MR) is 33.0 cm³/mol. The number of aliphatic hydroxyl groups excluding tert-OH is 2. The van der Waals surface area contributed by atoms with E-state index in [2.05, 4.69) is 0 Å². The summed E-state index contributed by atoms with van der Waals surface area (Å²) in [6.45, 7) is 1.50. The topological polar surface area (TPSA) is 57.5 Å². The van der Waals surface area contributed by atoms with Crippen LogP contribution < -0.4 is 0 Å². The van der Waals surface area contributed by atoms with Gasteiger partial charge in [0.1, 0.15) is 6.29 Å². The SMILES string of the molecule is C[C@H](O)[C@@H](O)CCC=O. The summed E-state index contributed by atoms with van der Waals surface area (Å²) < 4.78 is 0. The van der Waals surface area contributed by atoms with E-state index in [0.29, 0.717) is 12.8 Å².